The molecule has 0 aliphatic rings. The second kappa shape index (κ2) is 13.0. The second-order valence-corrected chi connectivity index (χ2v) is 10.1. The minimum Gasteiger partial charge on any atom is -0.490 e. The van der Waals surface area contributed by atoms with E-state index in [-0.39, 0.29) is 16.8 Å². The smallest absolute Gasteiger partial charge is 0.416 e. The van der Waals surface area contributed by atoms with Crippen molar-refractivity contribution in [2.45, 2.75) is 33.1 Å². The summed E-state index contributed by atoms with van der Waals surface area (Å²) in [5.41, 5.74) is 2.58. The Bertz CT molecular complexity index is 1910. The van der Waals surface area contributed by atoms with Crippen LogP contribution < -0.4 is 15.0 Å². The Kier molecular flexibility index (Phi) is 8.94. The van der Waals surface area contributed by atoms with E-state index in [1.807, 2.05) is 44.2 Å². The van der Waals surface area contributed by atoms with Crippen LogP contribution in [-0.2, 0) is 19.2 Å². The van der Waals surface area contributed by atoms with Gasteiger partial charge in [-0.05, 0) is 67.8 Å². The third-order valence-electron chi connectivity index (χ3n) is 6.81. The lowest BCUT2D eigenvalue weighted by molar-refractivity contribution is -0.137. The highest BCUT2D eigenvalue weighted by molar-refractivity contribution is 5.83. The van der Waals surface area contributed by atoms with Crippen LogP contribution in [0.15, 0.2) is 107 Å². The Balaban J connectivity index is 1.60. The largest absolute Gasteiger partial charge is 0.490 e. The van der Waals surface area contributed by atoms with Crippen molar-refractivity contribution >= 4 is 17.1 Å². The summed E-state index contributed by atoms with van der Waals surface area (Å²) in [5, 5.41) is 4.72. The van der Waals surface area contributed by atoms with E-state index in [2.05, 4.69) is 16.7 Å². The van der Waals surface area contributed by atoms with Gasteiger partial charge in [-0.1, -0.05) is 60.2 Å². The summed E-state index contributed by atoms with van der Waals surface area (Å²) in [7, 11) is 0. The Morgan fingerprint density at radius 1 is 0.977 bits per heavy atom. The van der Waals surface area contributed by atoms with Crippen LogP contribution in [0.3, 0.4) is 0 Å². The number of fused-ring (bicyclic) bond motifs is 1. The van der Waals surface area contributed by atoms with E-state index in [4.69, 9.17) is 9.47 Å². The molecular weight excluding hydrogens is 567 g/mol. The molecule has 0 saturated carbocycles. The first-order chi connectivity index (χ1) is 21.2. The minimum atomic E-state index is -4.57. The summed E-state index contributed by atoms with van der Waals surface area (Å²) in [5.74, 6) is 1.04. The molecule has 0 aliphatic heterocycles. The van der Waals surface area contributed by atoms with Gasteiger partial charge in [-0.2, -0.15) is 22.9 Å². The number of aromatic nitrogens is 2. The molecular formula is C35H30F3N3O3. The van der Waals surface area contributed by atoms with Crippen LogP contribution >= 0.6 is 0 Å². The van der Waals surface area contributed by atoms with Gasteiger partial charge in [-0.25, -0.2) is 4.98 Å². The van der Waals surface area contributed by atoms with Crippen LogP contribution in [0, 0.1) is 6.92 Å². The first-order valence-electron chi connectivity index (χ1n) is 14.0. The van der Waals surface area contributed by atoms with E-state index in [1.54, 1.807) is 36.4 Å². The standard InChI is InChI=1S/C35H30F3N3O3/c1-4-10-26-18-25(19-31(43-5-2)32(26)44-22-24-12-8-11-23(3)17-24)21-39-41-33(27-13-9-14-28(20-27)35(36,37)38)40-30-16-7-6-15-29(30)34(41)42/h4,6-9,11-21H,1,5,10,22H2,2-3H3. The molecule has 9 heteroatoms. The lowest BCUT2D eigenvalue weighted by atomic mass is 10.1. The molecule has 6 nitrogen and oxygen atoms in total. The summed E-state index contributed by atoms with van der Waals surface area (Å²) in [6.07, 6.45) is -0.900. The van der Waals surface area contributed by atoms with E-state index < -0.39 is 17.3 Å². The summed E-state index contributed by atoms with van der Waals surface area (Å²) >= 11 is 0. The Labute approximate surface area is 252 Å². The number of hydrogen-bond donors (Lipinski definition) is 0. The number of para-hydroxylation sites is 1. The molecule has 0 amide bonds. The lowest BCUT2D eigenvalue weighted by Gasteiger charge is -2.17. The van der Waals surface area contributed by atoms with Crippen molar-refractivity contribution in [3.8, 4) is 22.9 Å². The van der Waals surface area contributed by atoms with Crippen molar-refractivity contribution in [2.75, 3.05) is 6.61 Å². The number of allylic oxidation sites excluding steroid dienone is 1. The molecule has 44 heavy (non-hydrogen) atoms. The van der Waals surface area contributed by atoms with Gasteiger partial charge in [0.1, 0.15) is 6.61 Å². The monoisotopic (exact) mass is 597 g/mol. The highest BCUT2D eigenvalue weighted by Gasteiger charge is 2.31. The number of ether oxygens (including phenoxy) is 2. The fraction of sp³-hybridized carbons (Fsp3) is 0.171. The van der Waals surface area contributed by atoms with Crippen LogP contribution in [-0.4, -0.2) is 22.5 Å². The molecule has 224 valence electrons. The third kappa shape index (κ3) is 6.72. The summed E-state index contributed by atoms with van der Waals surface area (Å²) in [6.45, 7) is 8.46. The predicted octanol–water partition coefficient (Wildman–Crippen LogP) is 7.98. The van der Waals surface area contributed by atoms with Gasteiger partial charge in [0.25, 0.3) is 5.56 Å². The van der Waals surface area contributed by atoms with Gasteiger partial charge in [0.15, 0.2) is 17.3 Å². The molecule has 0 N–H and O–H groups in total. The summed E-state index contributed by atoms with van der Waals surface area (Å²) in [6, 6.07) is 22.9. The maximum atomic E-state index is 13.6. The average molecular weight is 598 g/mol. The molecule has 0 fully saturated rings. The average Bonchev–Trinajstić information content (AvgIpc) is 3.00. The topological polar surface area (TPSA) is 65.7 Å². The SMILES string of the molecule is C=CCc1cc(C=Nn2c(-c3cccc(C(F)(F)F)c3)nc3ccccc3c2=O)cc(OCC)c1OCc1cccc(C)c1. The van der Waals surface area contributed by atoms with E-state index in [9.17, 15) is 18.0 Å². The number of hydrogen-bond acceptors (Lipinski definition) is 5. The van der Waals surface area contributed by atoms with E-state index >= 15 is 0 Å². The van der Waals surface area contributed by atoms with Gasteiger partial charge in [0.05, 0.1) is 29.3 Å². The molecule has 1 heterocycles. The van der Waals surface area contributed by atoms with Crippen molar-refractivity contribution in [1.82, 2.24) is 9.66 Å². The van der Waals surface area contributed by atoms with Gasteiger partial charge in [-0.3, -0.25) is 4.79 Å². The molecule has 5 aromatic rings. The van der Waals surface area contributed by atoms with Crippen LogP contribution in [0.1, 0.15) is 34.7 Å². The first kappa shape index (κ1) is 30.3. The molecule has 0 bridgehead atoms. The quantitative estimate of drug-likeness (QED) is 0.121. The highest BCUT2D eigenvalue weighted by Crippen LogP contribution is 2.35. The number of benzene rings is 4. The van der Waals surface area contributed by atoms with Gasteiger partial charge in [-0.15, -0.1) is 6.58 Å². The van der Waals surface area contributed by atoms with Gasteiger partial charge in [0.2, 0.25) is 0 Å². The minimum absolute atomic E-state index is 0.0227. The summed E-state index contributed by atoms with van der Waals surface area (Å²) < 4.78 is 53.8. The van der Waals surface area contributed by atoms with Crippen molar-refractivity contribution in [1.29, 1.82) is 0 Å². The van der Waals surface area contributed by atoms with Crippen LogP contribution in [0.4, 0.5) is 13.2 Å². The Hall–Kier alpha value is -5.18. The van der Waals surface area contributed by atoms with Gasteiger partial charge in [0, 0.05) is 11.1 Å². The highest BCUT2D eigenvalue weighted by atomic mass is 19.4. The van der Waals surface area contributed by atoms with Crippen LogP contribution in [0.2, 0.25) is 0 Å². The molecule has 0 radical (unpaired) electrons. The molecule has 5 rings (SSSR count). The fourth-order valence-corrected chi connectivity index (χ4v) is 4.83. The van der Waals surface area contributed by atoms with E-state index in [1.165, 1.54) is 18.3 Å². The second-order valence-electron chi connectivity index (χ2n) is 10.1. The fourth-order valence-electron chi connectivity index (χ4n) is 4.83. The number of rotatable bonds is 10. The number of nitrogens with zero attached hydrogens (tertiary/aromatic N) is 3. The molecule has 0 spiro atoms. The zero-order valence-corrected chi connectivity index (χ0v) is 24.3. The Morgan fingerprint density at radius 2 is 1.77 bits per heavy atom. The molecule has 4 aromatic carbocycles. The molecule has 0 saturated heterocycles. The maximum Gasteiger partial charge on any atom is 0.416 e. The third-order valence-corrected chi connectivity index (χ3v) is 6.81. The maximum absolute atomic E-state index is 13.6. The molecule has 0 atom stereocenters. The van der Waals surface area contributed by atoms with E-state index in [0.717, 1.165) is 33.5 Å². The normalized spacial score (nSPS) is 11.7. The van der Waals surface area contributed by atoms with Crippen molar-refractivity contribution in [3.63, 3.8) is 0 Å². The number of halogens is 3. The van der Waals surface area contributed by atoms with E-state index in [0.29, 0.717) is 42.2 Å². The number of aryl methyl sites for hydroxylation is 1. The van der Waals surface area contributed by atoms with Gasteiger partial charge >= 0.3 is 6.18 Å². The lowest BCUT2D eigenvalue weighted by Crippen LogP contribution is -2.20. The number of alkyl halides is 3. The summed E-state index contributed by atoms with van der Waals surface area (Å²) in [4.78, 5) is 18.1. The van der Waals surface area contributed by atoms with Gasteiger partial charge < -0.3 is 9.47 Å². The van der Waals surface area contributed by atoms with Crippen LogP contribution in [0.5, 0.6) is 11.5 Å². The molecule has 0 unspecified atom stereocenters. The van der Waals surface area contributed by atoms with Crippen LogP contribution in [0.25, 0.3) is 22.3 Å². The Morgan fingerprint density at radius 3 is 2.52 bits per heavy atom. The van der Waals surface area contributed by atoms with Crippen molar-refractivity contribution in [2.24, 2.45) is 5.10 Å². The zero-order valence-electron chi connectivity index (χ0n) is 24.3. The molecule has 0 aliphatic carbocycles. The predicted molar refractivity (Wildman–Crippen MR) is 166 cm³/mol. The zero-order chi connectivity index (χ0) is 31.3. The first-order valence-corrected chi connectivity index (χ1v) is 14.0. The van der Waals surface area contributed by atoms with Crippen molar-refractivity contribution < 1.29 is 22.6 Å². The van der Waals surface area contributed by atoms with Crippen molar-refractivity contribution in [3.05, 3.63) is 136 Å². The molecule has 1 aromatic heterocycles.